The van der Waals surface area contributed by atoms with Gasteiger partial charge in [0.05, 0.1) is 6.04 Å². The zero-order valence-corrected chi connectivity index (χ0v) is 11.2. The summed E-state index contributed by atoms with van der Waals surface area (Å²) in [4.78, 5) is 11.7. The van der Waals surface area contributed by atoms with Crippen molar-refractivity contribution in [2.45, 2.75) is 38.1 Å². The van der Waals surface area contributed by atoms with Crippen molar-refractivity contribution >= 4 is 5.91 Å². The Kier molecular flexibility index (Phi) is 7.23. The van der Waals surface area contributed by atoms with Gasteiger partial charge in [0.1, 0.15) is 0 Å². The van der Waals surface area contributed by atoms with E-state index >= 15 is 0 Å². The molecule has 3 atom stereocenters. The molecule has 0 aromatic carbocycles. The van der Waals surface area contributed by atoms with Crippen molar-refractivity contribution in [3.05, 3.63) is 0 Å². The number of hydrogen-bond donors (Lipinski definition) is 3. The second-order valence-corrected chi connectivity index (χ2v) is 5.12. The Bertz CT molecular complexity index is 248. The fourth-order valence-electron chi connectivity index (χ4n) is 2.56. The van der Waals surface area contributed by atoms with E-state index in [-0.39, 0.29) is 12.5 Å². The average molecular weight is 258 g/mol. The third-order valence-electron chi connectivity index (χ3n) is 3.79. The van der Waals surface area contributed by atoms with Crippen molar-refractivity contribution in [1.29, 1.82) is 0 Å². The first kappa shape index (κ1) is 15.4. The minimum Gasteiger partial charge on any atom is -0.396 e. The normalized spacial score (nSPS) is 25.1. The van der Waals surface area contributed by atoms with E-state index in [1.807, 2.05) is 0 Å². The second kappa shape index (κ2) is 8.45. The van der Waals surface area contributed by atoms with Gasteiger partial charge in [-0.15, -0.1) is 0 Å². The number of nitrogens with two attached hydrogens (primary N) is 1. The molecule has 0 radical (unpaired) electrons. The molecule has 1 fully saturated rings. The van der Waals surface area contributed by atoms with Gasteiger partial charge in [-0.25, -0.2) is 0 Å². The Labute approximate surface area is 109 Å². The molecule has 5 heteroatoms. The summed E-state index contributed by atoms with van der Waals surface area (Å²) >= 11 is 0. The van der Waals surface area contributed by atoms with E-state index < -0.39 is 6.04 Å². The van der Waals surface area contributed by atoms with Gasteiger partial charge < -0.3 is 20.9 Å². The highest BCUT2D eigenvalue weighted by Gasteiger charge is 2.27. The van der Waals surface area contributed by atoms with Crippen molar-refractivity contribution in [1.82, 2.24) is 5.32 Å². The number of methoxy groups -OCH3 is 1. The van der Waals surface area contributed by atoms with Crippen LogP contribution in [0.15, 0.2) is 0 Å². The summed E-state index contributed by atoms with van der Waals surface area (Å²) in [5.74, 6) is 0.662. The van der Waals surface area contributed by atoms with Crippen LogP contribution in [0.5, 0.6) is 0 Å². The number of ether oxygens (including phenoxy) is 1. The van der Waals surface area contributed by atoms with Crippen LogP contribution in [0.1, 0.15) is 32.1 Å². The monoisotopic (exact) mass is 258 g/mol. The predicted molar refractivity (Wildman–Crippen MR) is 70.0 cm³/mol. The predicted octanol–water partition coefficient (Wildman–Crippen LogP) is 0.265. The maximum absolute atomic E-state index is 11.7. The highest BCUT2D eigenvalue weighted by atomic mass is 16.5. The first-order valence-electron chi connectivity index (χ1n) is 6.82. The van der Waals surface area contributed by atoms with Gasteiger partial charge in [0.2, 0.25) is 5.91 Å². The Morgan fingerprint density at radius 3 is 2.89 bits per heavy atom. The van der Waals surface area contributed by atoms with Crippen LogP contribution in [0.2, 0.25) is 0 Å². The molecule has 1 saturated carbocycles. The molecule has 0 aliphatic heterocycles. The summed E-state index contributed by atoms with van der Waals surface area (Å²) in [6, 6.07) is -0.450. The Morgan fingerprint density at radius 1 is 1.50 bits per heavy atom. The van der Waals surface area contributed by atoms with Gasteiger partial charge in [0, 0.05) is 26.9 Å². The molecular weight excluding hydrogens is 232 g/mol. The third-order valence-corrected chi connectivity index (χ3v) is 3.79. The zero-order chi connectivity index (χ0) is 13.4. The van der Waals surface area contributed by atoms with Gasteiger partial charge >= 0.3 is 0 Å². The Morgan fingerprint density at radius 2 is 2.22 bits per heavy atom. The first-order chi connectivity index (χ1) is 8.69. The number of nitrogens with one attached hydrogen (secondary N) is 1. The van der Waals surface area contributed by atoms with Crippen LogP contribution in [-0.2, 0) is 9.53 Å². The molecule has 106 valence electrons. The van der Waals surface area contributed by atoms with E-state index in [1.54, 1.807) is 7.11 Å². The van der Waals surface area contributed by atoms with Gasteiger partial charge in [0.15, 0.2) is 0 Å². The van der Waals surface area contributed by atoms with Gasteiger partial charge in [-0.05, 0) is 37.5 Å². The van der Waals surface area contributed by atoms with Crippen molar-refractivity contribution in [2.24, 2.45) is 17.6 Å². The molecule has 0 saturated heterocycles. The molecule has 1 aliphatic carbocycles. The maximum Gasteiger partial charge on any atom is 0.236 e. The van der Waals surface area contributed by atoms with E-state index in [1.165, 1.54) is 0 Å². The minimum atomic E-state index is -0.450. The van der Waals surface area contributed by atoms with Crippen molar-refractivity contribution in [3.63, 3.8) is 0 Å². The van der Waals surface area contributed by atoms with Crippen LogP contribution in [-0.4, -0.2) is 43.9 Å². The van der Waals surface area contributed by atoms with Gasteiger partial charge in [-0.3, -0.25) is 4.79 Å². The largest absolute Gasteiger partial charge is 0.396 e. The number of aliphatic hydroxyl groups excluding tert-OH is 1. The average Bonchev–Trinajstić information content (AvgIpc) is 2.83. The number of aliphatic hydroxyl groups is 1. The summed E-state index contributed by atoms with van der Waals surface area (Å²) in [5.41, 5.74) is 5.79. The number of rotatable bonds is 8. The number of carbonyl (C=O) groups excluding carboxylic acids is 1. The maximum atomic E-state index is 11.7. The van der Waals surface area contributed by atoms with Crippen LogP contribution in [0.25, 0.3) is 0 Å². The fraction of sp³-hybridized carbons (Fsp3) is 0.923. The molecule has 0 aromatic rings. The molecular formula is C13H26N2O3. The summed E-state index contributed by atoms with van der Waals surface area (Å²) in [6.45, 7) is 1.50. The van der Waals surface area contributed by atoms with Crippen LogP contribution >= 0.6 is 0 Å². The van der Waals surface area contributed by atoms with E-state index in [0.717, 1.165) is 25.7 Å². The molecule has 1 amide bonds. The minimum absolute atomic E-state index is 0.0882. The third kappa shape index (κ3) is 4.92. The summed E-state index contributed by atoms with van der Waals surface area (Å²) < 4.78 is 4.93. The highest BCUT2D eigenvalue weighted by Crippen LogP contribution is 2.30. The lowest BCUT2D eigenvalue weighted by Crippen LogP contribution is -2.43. The standard InChI is InChI=1S/C13H26N2O3/c1-18-7-3-6-12(14)13(17)15-8-10-4-2-5-11(10)9-16/h10-12,16H,2-9,14H2,1H3,(H,15,17). The summed E-state index contributed by atoms with van der Waals surface area (Å²) in [7, 11) is 1.64. The van der Waals surface area contributed by atoms with Gasteiger partial charge in [-0.2, -0.15) is 0 Å². The van der Waals surface area contributed by atoms with E-state index in [4.69, 9.17) is 10.5 Å². The Hall–Kier alpha value is -0.650. The second-order valence-electron chi connectivity index (χ2n) is 5.12. The molecule has 1 rings (SSSR count). The van der Waals surface area contributed by atoms with Gasteiger partial charge in [0.25, 0.3) is 0 Å². The van der Waals surface area contributed by atoms with Crippen LogP contribution in [0.3, 0.4) is 0 Å². The number of carbonyl (C=O) groups is 1. The highest BCUT2D eigenvalue weighted by molar-refractivity contribution is 5.81. The van der Waals surface area contributed by atoms with Crippen molar-refractivity contribution < 1.29 is 14.6 Å². The first-order valence-corrected chi connectivity index (χ1v) is 6.82. The smallest absolute Gasteiger partial charge is 0.236 e. The van der Waals surface area contributed by atoms with Crippen LogP contribution in [0, 0.1) is 11.8 Å². The lowest BCUT2D eigenvalue weighted by atomic mass is 9.97. The Balaban J connectivity index is 2.19. The summed E-state index contributed by atoms with van der Waals surface area (Å²) in [6.07, 6.45) is 4.74. The molecule has 0 spiro atoms. The SMILES string of the molecule is COCCCC(N)C(=O)NCC1CCCC1CO. The van der Waals surface area contributed by atoms with E-state index in [2.05, 4.69) is 5.32 Å². The molecule has 0 heterocycles. The van der Waals surface area contributed by atoms with E-state index in [0.29, 0.717) is 31.4 Å². The lowest BCUT2D eigenvalue weighted by Gasteiger charge is -2.19. The quantitative estimate of drug-likeness (QED) is 0.545. The molecule has 3 unspecified atom stereocenters. The lowest BCUT2D eigenvalue weighted by molar-refractivity contribution is -0.122. The van der Waals surface area contributed by atoms with Crippen molar-refractivity contribution in [3.8, 4) is 0 Å². The molecule has 18 heavy (non-hydrogen) atoms. The number of hydrogen-bond acceptors (Lipinski definition) is 4. The molecule has 4 N–H and O–H groups in total. The molecule has 5 nitrogen and oxygen atoms in total. The van der Waals surface area contributed by atoms with Crippen LogP contribution < -0.4 is 11.1 Å². The van der Waals surface area contributed by atoms with Crippen molar-refractivity contribution in [2.75, 3.05) is 26.9 Å². The van der Waals surface area contributed by atoms with Crippen LogP contribution in [0.4, 0.5) is 0 Å². The summed E-state index contributed by atoms with van der Waals surface area (Å²) in [5, 5.41) is 12.1. The number of amides is 1. The zero-order valence-electron chi connectivity index (χ0n) is 11.2. The molecule has 1 aliphatic rings. The topological polar surface area (TPSA) is 84.6 Å². The molecule has 0 aromatic heterocycles. The van der Waals surface area contributed by atoms with Gasteiger partial charge in [-0.1, -0.05) is 6.42 Å². The fourth-order valence-corrected chi connectivity index (χ4v) is 2.56. The molecule has 0 bridgehead atoms. The van der Waals surface area contributed by atoms with E-state index in [9.17, 15) is 9.90 Å².